The molecule has 4 rings (SSSR count). The van der Waals surface area contributed by atoms with Crippen molar-refractivity contribution in [1.29, 1.82) is 0 Å². The van der Waals surface area contributed by atoms with Crippen LogP contribution in [0, 0.1) is 0 Å². The summed E-state index contributed by atoms with van der Waals surface area (Å²) < 4.78 is 11.5. The van der Waals surface area contributed by atoms with E-state index in [1.165, 1.54) is 25.8 Å². The first kappa shape index (κ1) is 24.1. The van der Waals surface area contributed by atoms with Gasteiger partial charge in [-0.05, 0) is 87.5 Å². The lowest BCUT2D eigenvalue weighted by molar-refractivity contribution is -0.125. The highest BCUT2D eigenvalue weighted by molar-refractivity contribution is 6.30. The van der Waals surface area contributed by atoms with Gasteiger partial charge < -0.3 is 19.7 Å². The number of hydrogen-bond acceptors (Lipinski definition) is 4. The number of carbonyl (C=O) groups excluding carboxylic acids is 1. The van der Waals surface area contributed by atoms with E-state index in [0.29, 0.717) is 43.7 Å². The molecule has 0 radical (unpaired) electrons. The average molecular weight is 471 g/mol. The lowest BCUT2D eigenvalue weighted by atomic mass is 9.73. The molecule has 5 nitrogen and oxygen atoms in total. The van der Waals surface area contributed by atoms with E-state index in [0.717, 1.165) is 30.0 Å². The molecule has 2 fully saturated rings. The van der Waals surface area contributed by atoms with Crippen LogP contribution in [0.25, 0.3) is 0 Å². The molecule has 0 bridgehead atoms. The summed E-state index contributed by atoms with van der Waals surface area (Å²) in [6.07, 6.45) is 6.29. The number of likely N-dealkylation sites (tertiary alicyclic amines) is 1. The summed E-state index contributed by atoms with van der Waals surface area (Å²) in [6, 6.07) is 16.0. The Morgan fingerprint density at radius 3 is 2.55 bits per heavy atom. The molecule has 0 unspecified atom stereocenters. The number of amides is 1. The third-order valence-electron chi connectivity index (χ3n) is 7.09. The summed E-state index contributed by atoms with van der Waals surface area (Å²) in [6.45, 7) is 6.46. The predicted molar refractivity (Wildman–Crippen MR) is 133 cm³/mol. The van der Waals surface area contributed by atoms with Crippen molar-refractivity contribution in [2.75, 3.05) is 38.2 Å². The molecule has 2 heterocycles. The van der Waals surface area contributed by atoms with Crippen molar-refractivity contribution in [3.8, 4) is 5.75 Å². The molecular weight excluding hydrogens is 436 g/mol. The van der Waals surface area contributed by atoms with Gasteiger partial charge in [-0.1, -0.05) is 30.2 Å². The molecule has 0 spiro atoms. The van der Waals surface area contributed by atoms with E-state index in [9.17, 15) is 4.79 Å². The van der Waals surface area contributed by atoms with E-state index in [-0.39, 0.29) is 5.91 Å². The maximum Gasteiger partial charge on any atom is 0.235 e. The van der Waals surface area contributed by atoms with Gasteiger partial charge in [-0.2, -0.15) is 0 Å². The first-order chi connectivity index (χ1) is 16.1. The molecule has 6 heteroatoms. The highest BCUT2D eigenvalue weighted by atomic mass is 35.5. The molecule has 2 aromatic carbocycles. The van der Waals surface area contributed by atoms with Crippen LogP contribution in [0.15, 0.2) is 48.5 Å². The zero-order valence-electron chi connectivity index (χ0n) is 19.5. The van der Waals surface area contributed by atoms with Gasteiger partial charge in [0.2, 0.25) is 5.91 Å². The highest BCUT2D eigenvalue weighted by Crippen LogP contribution is 2.37. The molecule has 2 aliphatic rings. The second-order valence-corrected chi connectivity index (χ2v) is 9.70. The van der Waals surface area contributed by atoms with Crippen LogP contribution in [0.2, 0.25) is 5.02 Å². The van der Waals surface area contributed by atoms with Crippen molar-refractivity contribution in [3.63, 3.8) is 0 Å². The SMILES string of the molecule is C[C@H]1CCCCN1CCCOc1ccc(NC(=O)C2(c3ccc(Cl)cc3)CCOCC2)cc1. The number of hydrogen-bond donors (Lipinski definition) is 1. The fourth-order valence-corrected chi connectivity index (χ4v) is 5.09. The molecule has 1 atom stereocenters. The van der Waals surface area contributed by atoms with Gasteiger partial charge >= 0.3 is 0 Å². The Morgan fingerprint density at radius 1 is 1.12 bits per heavy atom. The van der Waals surface area contributed by atoms with Crippen molar-refractivity contribution in [1.82, 2.24) is 4.90 Å². The van der Waals surface area contributed by atoms with Gasteiger partial charge in [0, 0.05) is 36.5 Å². The van der Waals surface area contributed by atoms with Crippen LogP contribution < -0.4 is 10.1 Å². The topological polar surface area (TPSA) is 50.8 Å². The molecule has 33 heavy (non-hydrogen) atoms. The van der Waals surface area contributed by atoms with E-state index in [4.69, 9.17) is 21.1 Å². The maximum atomic E-state index is 13.4. The standard InChI is InChI=1S/C27H35ClN2O3/c1-21-5-2-3-16-30(21)17-4-18-33-25-12-10-24(11-13-25)29-26(31)27(14-19-32-20-15-27)22-6-8-23(28)9-7-22/h6-13,21H,2-5,14-20H2,1H3,(H,29,31)/t21-/m0/s1. The maximum absolute atomic E-state index is 13.4. The zero-order valence-corrected chi connectivity index (χ0v) is 20.3. The summed E-state index contributed by atoms with van der Waals surface area (Å²) in [5.74, 6) is 0.829. The zero-order chi connectivity index (χ0) is 23.1. The highest BCUT2D eigenvalue weighted by Gasteiger charge is 2.41. The monoisotopic (exact) mass is 470 g/mol. The van der Waals surface area contributed by atoms with Crippen LogP contribution >= 0.6 is 11.6 Å². The van der Waals surface area contributed by atoms with Crippen LogP contribution in [-0.2, 0) is 14.9 Å². The molecule has 178 valence electrons. The Kier molecular flexibility index (Phi) is 8.29. The quantitative estimate of drug-likeness (QED) is 0.505. The van der Waals surface area contributed by atoms with Crippen LogP contribution in [0.5, 0.6) is 5.75 Å². The van der Waals surface area contributed by atoms with Crippen LogP contribution in [0.1, 0.15) is 51.0 Å². The third kappa shape index (κ3) is 6.08. The smallest absolute Gasteiger partial charge is 0.235 e. The van der Waals surface area contributed by atoms with E-state index < -0.39 is 5.41 Å². The Morgan fingerprint density at radius 2 is 1.85 bits per heavy atom. The van der Waals surface area contributed by atoms with Gasteiger partial charge in [-0.15, -0.1) is 0 Å². The number of rotatable bonds is 8. The van der Waals surface area contributed by atoms with Gasteiger partial charge in [0.15, 0.2) is 0 Å². The molecule has 2 aliphatic heterocycles. The minimum absolute atomic E-state index is 0.00237. The van der Waals surface area contributed by atoms with E-state index in [1.54, 1.807) is 0 Å². The first-order valence-electron chi connectivity index (χ1n) is 12.2. The number of carbonyl (C=O) groups is 1. The molecule has 2 aromatic rings. The van der Waals surface area contributed by atoms with Crippen molar-refractivity contribution >= 4 is 23.2 Å². The minimum atomic E-state index is -0.608. The van der Waals surface area contributed by atoms with Crippen LogP contribution in [0.3, 0.4) is 0 Å². The van der Waals surface area contributed by atoms with Gasteiger partial charge in [-0.3, -0.25) is 4.79 Å². The molecule has 0 aromatic heterocycles. The molecule has 0 aliphatic carbocycles. The molecule has 1 N–H and O–H groups in total. The lowest BCUT2D eigenvalue weighted by Gasteiger charge is -2.36. The molecule has 2 saturated heterocycles. The fourth-order valence-electron chi connectivity index (χ4n) is 4.97. The van der Waals surface area contributed by atoms with Gasteiger partial charge in [0.25, 0.3) is 0 Å². The van der Waals surface area contributed by atoms with Crippen molar-refractivity contribution in [2.45, 2.75) is 56.9 Å². The number of piperidine rings is 1. The van der Waals surface area contributed by atoms with Crippen molar-refractivity contribution in [2.24, 2.45) is 0 Å². The van der Waals surface area contributed by atoms with Crippen molar-refractivity contribution in [3.05, 3.63) is 59.1 Å². The van der Waals surface area contributed by atoms with E-state index in [2.05, 4.69) is 17.1 Å². The summed E-state index contributed by atoms with van der Waals surface area (Å²) in [7, 11) is 0. The number of anilines is 1. The lowest BCUT2D eigenvalue weighted by Crippen LogP contribution is -2.44. The first-order valence-corrected chi connectivity index (χ1v) is 12.6. The number of nitrogens with one attached hydrogen (secondary N) is 1. The molecular formula is C27H35ClN2O3. The summed E-state index contributed by atoms with van der Waals surface area (Å²) in [5, 5.41) is 3.79. The van der Waals surface area contributed by atoms with E-state index in [1.807, 2.05) is 48.5 Å². The van der Waals surface area contributed by atoms with Gasteiger partial charge in [-0.25, -0.2) is 0 Å². The average Bonchev–Trinajstić information content (AvgIpc) is 2.84. The predicted octanol–water partition coefficient (Wildman–Crippen LogP) is 5.67. The van der Waals surface area contributed by atoms with Gasteiger partial charge in [0.05, 0.1) is 12.0 Å². The second kappa shape index (κ2) is 11.4. The Labute approximate surface area is 202 Å². The Balaban J connectivity index is 1.31. The fraction of sp³-hybridized carbons (Fsp3) is 0.519. The molecule has 0 saturated carbocycles. The third-order valence-corrected chi connectivity index (χ3v) is 7.34. The Hall–Kier alpha value is -2.08. The van der Waals surface area contributed by atoms with Gasteiger partial charge in [0.1, 0.15) is 5.75 Å². The Bertz CT molecular complexity index is 895. The van der Waals surface area contributed by atoms with Crippen molar-refractivity contribution < 1.29 is 14.3 Å². The summed E-state index contributed by atoms with van der Waals surface area (Å²) in [4.78, 5) is 16.0. The van der Waals surface area contributed by atoms with Crippen LogP contribution in [0.4, 0.5) is 5.69 Å². The van der Waals surface area contributed by atoms with E-state index >= 15 is 0 Å². The summed E-state index contributed by atoms with van der Waals surface area (Å²) >= 11 is 6.07. The van der Waals surface area contributed by atoms with Crippen LogP contribution in [-0.4, -0.2) is 49.8 Å². The number of ether oxygens (including phenoxy) is 2. The number of halogens is 1. The summed E-state index contributed by atoms with van der Waals surface area (Å²) in [5.41, 5.74) is 1.15. The normalized spacial score (nSPS) is 20.8. The number of nitrogens with zero attached hydrogens (tertiary/aromatic N) is 1. The molecule has 1 amide bonds. The second-order valence-electron chi connectivity index (χ2n) is 9.26. The largest absolute Gasteiger partial charge is 0.494 e. The minimum Gasteiger partial charge on any atom is -0.494 e. The number of benzene rings is 2.